The number of carbonyl (C=O) groups excluding carboxylic acids is 1. The topological polar surface area (TPSA) is 64.3 Å². The molecule has 6 nitrogen and oxygen atoms in total. The Morgan fingerprint density at radius 1 is 1.21 bits per heavy atom. The van der Waals surface area contributed by atoms with Crippen molar-refractivity contribution >= 4 is 30.7 Å². The van der Waals surface area contributed by atoms with Crippen LogP contribution < -0.4 is 5.32 Å². The summed E-state index contributed by atoms with van der Waals surface area (Å²) in [6.07, 6.45) is 4.80. The molecule has 160 valence electrons. The highest BCUT2D eigenvalue weighted by atomic mass is 35.5. The van der Waals surface area contributed by atoms with Gasteiger partial charge in [-0.1, -0.05) is 23.8 Å². The number of carbonyl (C=O) groups is 1. The van der Waals surface area contributed by atoms with Crippen molar-refractivity contribution in [2.75, 3.05) is 39.3 Å². The molecule has 3 heterocycles. The number of likely N-dealkylation sites (tertiary alicyclic amines) is 1. The minimum atomic E-state index is 0. The number of rotatable bonds is 5. The van der Waals surface area contributed by atoms with Gasteiger partial charge in [-0.25, -0.2) is 4.98 Å². The van der Waals surface area contributed by atoms with E-state index in [0.29, 0.717) is 12.5 Å². The summed E-state index contributed by atoms with van der Waals surface area (Å²) in [6.45, 7) is 7.45. The highest BCUT2D eigenvalue weighted by molar-refractivity contribution is 5.85. The quantitative estimate of drug-likeness (QED) is 0.750. The Labute approximate surface area is 185 Å². The summed E-state index contributed by atoms with van der Waals surface area (Å²) in [5, 5.41) is 3.30. The molecule has 2 aliphatic heterocycles. The number of amides is 1. The molecule has 0 saturated carbocycles. The maximum Gasteiger partial charge on any atom is 0.223 e. The summed E-state index contributed by atoms with van der Waals surface area (Å²) in [6, 6.07) is 8.77. The van der Waals surface area contributed by atoms with Crippen molar-refractivity contribution in [3.63, 3.8) is 0 Å². The van der Waals surface area contributed by atoms with E-state index < -0.39 is 0 Å². The van der Waals surface area contributed by atoms with Crippen molar-refractivity contribution < 1.29 is 4.79 Å². The molecule has 1 aromatic heterocycles. The molecular weight excluding hydrogens is 409 g/mol. The van der Waals surface area contributed by atoms with Gasteiger partial charge in [-0.05, 0) is 37.9 Å². The number of benzene rings is 1. The van der Waals surface area contributed by atoms with Gasteiger partial charge in [-0.3, -0.25) is 9.69 Å². The van der Waals surface area contributed by atoms with Gasteiger partial charge in [0, 0.05) is 39.1 Å². The molecule has 0 aliphatic carbocycles. The molecule has 2 N–H and O–H groups in total. The second kappa shape index (κ2) is 11.0. The fourth-order valence-electron chi connectivity index (χ4n) is 4.18. The highest BCUT2D eigenvalue weighted by Crippen LogP contribution is 2.31. The van der Waals surface area contributed by atoms with E-state index in [-0.39, 0.29) is 30.7 Å². The third-order valence-corrected chi connectivity index (χ3v) is 5.69. The molecule has 1 unspecified atom stereocenters. The first-order valence-electron chi connectivity index (χ1n) is 10.1. The number of hydrogen-bond acceptors (Lipinski definition) is 4. The molecule has 1 aromatic carbocycles. The average Bonchev–Trinajstić information content (AvgIpc) is 3.36. The number of hydrogen-bond donors (Lipinski definition) is 2. The van der Waals surface area contributed by atoms with E-state index in [0.717, 1.165) is 63.6 Å². The number of piperazine rings is 1. The lowest BCUT2D eigenvalue weighted by molar-refractivity contribution is -0.132. The molecule has 29 heavy (non-hydrogen) atoms. The standard InChI is InChI=1S/C21H29N5O.2ClH/c1-16-4-2-5-17(14-16)18-15-23-21(24-18)19-6-3-10-25(19)11-7-20(27)26-12-8-22-9-13-26;;/h2,4-5,14-15,19,22H,3,6-13H2,1H3,(H,23,24);2*1H. The van der Waals surface area contributed by atoms with Gasteiger partial charge in [-0.15, -0.1) is 24.8 Å². The Hall–Kier alpha value is -1.60. The minimum absolute atomic E-state index is 0. The van der Waals surface area contributed by atoms with Gasteiger partial charge < -0.3 is 15.2 Å². The fourth-order valence-corrected chi connectivity index (χ4v) is 4.18. The number of halogens is 2. The molecule has 4 rings (SSSR count). The first kappa shape index (κ1) is 23.7. The summed E-state index contributed by atoms with van der Waals surface area (Å²) >= 11 is 0. The smallest absolute Gasteiger partial charge is 0.223 e. The van der Waals surface area contributed by atoms with Crippen LogP contribution in [-0.4, -0.2) is 64.9 Å². The number of aromatic amines is 1. The lowest BCUT2D eigenvalue weighted by Gasteiger charge is -2.29. The first-order valence-corrected chi connectivity index (χ1v) is 10.1. The molecule has 1 atom stereocenters. The van der Waals surface area contributed by atoms with Crippen LogP contribution in [0, 0.1) is 6.92 Å². The van der Waals surface area contributed by atoms with Crippen molar-refractivity contribution in [1.82, 2.24) is 25.1 Å². The summed E-state index contributed by atoms with van der Waals surface area (Å²) in [5.41, 5.74) is 3.49. The predicted octanol–water partition coefficient (Wildman–Crippen LogP) is 3.19. The van der Waals surface area contributed by atoms with Gasteiger partial charge >= 0.3 is 0 Å². The van der Waals surface area contributed by atoms with E-state index in [1.165, 1.54) is 11.1 Å². The third-order valence-electron chi connectivity index (χ3n) is 5.69. The van der Waals surface area contributed by atoms with Gasteiger partial charge in [0.1, 0.15) is 5.82 Å². The van der Waals surface area contributed by atoms with Crippen molar-refractivity contribution in [2.45, 2.75) is 32.2 Å². The van der Waals surface area contributed by atoms with Gasteiger partial charge in [0.25, 0.3) is 0 Å². The Kier molecular flexibility index (Phi) is 8.96. The minimum Gasteiger partial charge on any atom is -0.341 e. The normalized spacial score (nSPS) is 19.5. The summed E-state index contributed by atoms with van der Waals surface area (Å²) in [4.78, 5) is 25.1. The van der Waals surface area contributed by atoms with Crippen molar-refractivity contribution in [1.29, 1.82) is 0 Å². The van der Waals surface area contributed by atoms with Gasteiger partial charge in [-0.2, -0.15) is 0 Å². The Bertz CT molecular complexity index is 791. The fraction of sp³-hybridized carbons (Fsp3) is 0.524. The van der Waals surface area contributed by atoms with E-state index in [2.05, 4.69) is 51.4 Å². The Balaban J connectivity index is 0.00000150. The van der Waals surface area contributed by atoms with Crippen LogP contribution in [0.25, 0.3) is 11.3 Å². The number of H-pyrrole nitrogens is 1. The molecule has 2 aliphatic rings. The number of nitrogens with zero attached hydrogens (tertiary/aromatic N) is 3. The van der Waals surface area contributed by atoms with Crippen LogP contribution in [0.2, 0.25) is 0 Å². The van der Waals surface area contributed by atoms with Gasteiger partial charge in [0.2, 0.25) is 5.91 Å². The van der Waals surface area contributed by atoms with Crippen LogP contribution >= 0.6 is 24.8 Å². The van der Waals surface area contributed by atoms with Crippen molar-refractivity contribution in [3.05, 3.63) is 41.9 Å². The molecule has 2 fully saturated rings. The monoisotopic (exact) mass is 439 g/mol. The van der Waals surface area contributed by atoms with Crippen LogP contribution in [0.3, 0.4) is 0 Å². The largest absolute Gasteiger partial charge is 0.341 e. The zero-order valence-corrected chi connectivity index (χ0v) is 18.5. The van der Waals surface area contributed by atoms with Crippen LogP contribution in [0.4, 0.5) is 0 Å². The van der Waals surface area contributed by atoms with E-state index in [9.17, 15) is 4.79 Å². The number of aryl methyl sites for hydroxylation is 1. The van der Waals surface area contributed by atoms with E-state index >= 15 is 0 Å². The number of imidazole rings is 1. The zero-order chi connectivity index (χ0) is 18.6. The number of nitrogens with one attached hydrogen (secondary N) is 2. The van der Waals surface area contributed by atoms with Crippen molar-refractivity contribution in [2.24, 2.45) is 0 Å². The van der Waals surface area contributed by atoms with Crippen LogP contribution in [0.1, 0.15) is 36.7 Å². The molecule has 0 bridgehead atoms. The van der Waals surface area contributed by atoms with Gasteiger partial charge in [0.05, 0.1) is 17.9 Å². The molecule has 8 heteroatoms. The van der Waals surface area contributed by atoms with Gasteiger partial charge in [0.15, 0.2) is 0 Å². The summed E-state index contributed by atoms with van der Waals surface area (Å²) in [7, 11) is 0. The third kappa shape index (κ3) is 5.72. The summed E-state index contributed by atoms with van der Waals surface area (Å²) in [5.74, 6) is 1.31. The molecule has 1 amide bonds. The SMILES string of the molecule is Cc1cccc(-c2cnc(C3CCCN3CCC(=O)N3CCNCC3)[nH]2)c1.Cl.Cl. The van der Waals surface area contributed by atoms with E-state index in [4.69, 9.17) is 0 Å². The lowest BCUT2D eigenvalue weighted by Crippen LogP contribution is -2.47. The maximum atomic E-state index is 12.5. The second-order valence-corrected chi connectivity index (χ2v) is 7.63. The van der Waals surface area contributed by atoms with Crippen LogP contribution in [0.5, 0.6) is 0 Å². The lowest BCUT2D eigenvalue weighted by atomic mass is 10.1. The van der Waals surface area contributed by atoms with E-state index in [1.54, 1.807) is 0 Å². The first-order chi connectivity index (χ1) is 13.2. The molecule has 0 spiro atoms. The van der Waals surface area contributed by atoms with Crippen LogP contribution in [-0.2, 0) is 4.79 Å². The Morgan fingerprint density at radius 3 is 2.76 bits per heavy atom. The van der Waals surface area contributed by atoms with E-state index in [1.807, 2.05) is 11.1 Å². The van der Waals surface area contributed by atoms with Crippen LogP contribution in [0.15, 0.2) is 30.5 Å². The van der Waals surface area contributed by atoms with Crippen molar-refractivity contribution in [3.8, 4) is 11.3 Å². The average molecular weight is 440 g/mol. The predicted molar refractivity (Wildman–Crippen MR) is 121 cm³/mol. The molecular formula is C21H31Cl2N5O. The molecule has 0 radical (unpaired) electrons. The number of aromatic nitrogens is 2. The zero-order valence-electron chi connectivity index (χ0n) is 16.9. The Morgan fingerprint density at radius 2 is 2.00 bits per heavy atom. The second-order valence-electron chi connectivity index (χ2n) is 7.63. The molecule has 2 aromatic rings. The summed E-state index contributed by atoms with van der Waals surface area (Å²) < 4.78 is 0. The molecule has 2 saturated heterocycles. The maximum absolute atomic E-state index is 12.5. The highest BCUT2D eigenvalue weighted by Gasteiger charge is 2.29.